The van der Waals surface area contributed by atoms with Gasteiger partial charge in [-0.15, -0.1) is 0 Å². The van der Waals surface area contributed by atoms with Crippen molar-refractivity contribution in [2.75, 3.05) is 13.2 Å². The Morgan fingerprint density at radius 1 is 0.783 bits per heavy atom. The molecule has 46 heavy (non-hydrogen) atoms. The number of carbonyl (C=O) groups is 3. The van der Waals surface area contributed by atoms with Crippen LogP contribution in [0.3, 0.4) is 0 Å². The zero-order valence-electron chi connectivity index (χ0n) is 29.0. The number of amides is 3. The summed E-state index contributed by atoms with van der Waals surface area (Å²) in [5.74, 6) is -2.47. The summed E-state index contributed by atoms with van der Waals surface area (Å²) in [6, 6.07) is -1.11. The number of carbonyl (C=O) groups excluding carboxylic acids is 3. The van der Waals surface area contributed by atoms with Gasteiger partial charge in [0.2, 0.25) is 17.7 Å². The Kier molecular flexibility index (Phi) is 23.2. The highest BCUT2D eigenvalue weighted by atomic mass is 16.6. The van der Waals surface area contributed by atoms with Crippen LogP contribution in [-0.4, -0.2) is 76.3 Å². The van der Waals surface area contributed by atoms with E-state index in [9.17, 15) is 29.7 Å². The fourth-order valence-electron chi connectivity index (χ4n) is 6.34. The Morgan fingerprint density at radius 3 is 1.78 bits per heavy atom. The van der Waals surface area contributed by atoms with Crippen LogP contribution >= 0.6 is 0 Å². The van der Waals surface area contributed by atoms with Gasteiger partial charge in [-0.2, -0.15) is 0 Å². The first kappa shape index (κ1) is 42.2. The number of nitrogens with two attached hydrogens (primary N) is 2. The van der Waals surface area contributed by atoms with Gasteiger partial charge in [0.1, 0.15) is 12.2 Å². The molecule has 6 atom stereocenters. The van der Waals surface area contributed by atoms with E-state index in [1.165, 1.54) is 70.6 Å². The molecule has 0 radical (unpaired) electrons. The number of hydrogen-bond acceptors (Lipinski definition) is 8. The molecule has 0 aromatic carbocycles. The maximum atomic E-state index is 13.9. The molecule has 11 heteroatoms. The van der Waals surface area contributed by atoms with E-state index in [2.05, 4.69) is 24.5 Å². The monoisotopic (exact) mass is 657 g/mol. The lowest BCUT2D eigenvalue weighted by Gasteiger charge is -2.49. The molecule has 1 fully saturated rings. The van der Waals surface area contributed by atoms with Crippen LogP contribution in [0.5, 0.6) is 0 Å². The van der Waals surface area contributed by atoms with Crippen molar-refractivity contribution in [1.82, 2.24) is 10.6 Å². The third-order valence-electron chi connectivity index (χ3n) is 9.26. The molecule has 1 saturated heterocycles. The predicted molar refractivity (Wildman–Crippen MR) is 181 cm³/mol. The first-order valence-electron chi connectivity index (χ1n) is 18.4. The van der Waals surface area contributed by atoms with Gasteiger partial charge in [-0.3, -0.25) is 14.4 Å². The van der Waals surface area contributed by atoms with E-state index in [4.69, 9.17) is 16.2 Å². The molecule has 1 unspecified atom stereocenters. The zero-order valence-corrected chi connectivity index (χ0v) is 29.0. The summed E-state index contributed by atoms with van der Waals surface area (Å²) in [4.78, 5) is 38.4. The van der Waals surface area contributed by atoms with E-state index in [-0.39, 0.29) is 25.2 Å². The minimum Gasteiger partial charge on any atom is -0.394 e. The van der Waals surface area contributed by atoms with Crippen LogP contribution in [0.1, 0.15) is 155 Å². The molecule has 1 aliphatic heterocycles. The Hall–Kier alpha value is -1.79. The molecule has 0 bridgehead atoms. The summed E-state index contributed by atoms with van der Waals surface area (Å²) in [5, 5.41) is 37.2. The number of aliphatic hydroxyl groups excluding tert-OH is 3. The smallest absolute Gasteiger partial charge is 0.239 e. The maximum Gasteiger partial charge on any atom is 0.239 e. The summed E-state index contributed by atoms with van der Waals surface area (Å²) in [6.45, 7) is 4.26. The van der Waals surface area contributed by atoms with Gasteiger partial charge in [-0.1, -0.05) is 123 Å². The van der Waals surface area contributed by atoms with Gasteiger partial charge in [-0.25, -0.2) is 0 Å². The molecule has 0 aromatic rings. The minimum atomic E-state index is -1.71. The van der Waals surface area contributed by atoms with Gasteiger partial charge >= 0.3 is 0 Å². The third kappa shape index (κ3) is 16.9. The number of rotatable bonds is 28. The fraction of sp³-hybridized carbons (Fsp3) is 0.914. The predicted octanol–water partition coefficient (Wildman–Crippen LogP) is 4.08. The largest absolute Gasteiger partial charge is 0.394 e. The molecule has 1 heterocycles. The van der Waals surface area contributed by atoms with Gasteiger partial charge in [0.05, 0.1) is 24.7 Å². The van der Waals surface area contributed by atoms with Gasteiger partial charge in [-0.05, 0) is 19.3 Å². The van der Waals surface area contributed by atoms with Crippen LogP contribution in [0.15, 0.2) is 0 Å². The van der Waals surface area contributed by atoms with Crippen molar-refractivity contribution in [1.29, 1.82) is 0 Å². The van der Waals surface area contributed by atoms with E-state index in [1.54, 1.807) is 0 Å². The molecule has 1 aliphatic rings. The molecule has 0 aromatic heterocycles. The second-order valence-corrected chi connectivity index (χ2v) is 13.4. The molecule has 0 saturated carbocycles. The second-order valence-electron chi connectivity index (χ2n) is 13.4. The quantitative estimate of drug-likeness (QED) is 0.0611. The first-order valence-corrected chi connectivity index (χ1v) is 18.4. The maximum absolute atomic E-state index is 13.9. The Balaban J connectivity index is 2.97. The van der Waals surface area contributed by atoms with Gasteiger partial charge in [0, 0.05) is 19.4 Å². The summed E-state index contributed by atoms with van der Waals surface area (Å²) < 4.78 is 6.16. The van der Waals surface area contributed by atoms with Crippen molar-refractivity contribution in [2.24, 2.45) is 17.4 Å². The number of hydrogen-bond donors (Lipinski definition) is 7. The third-order valence-corrected chi connectivity index (χ3v) is 9.26. The van der Waals surface area contributed by atoms with Crippen LogP contribution < -0.4 is 22.1 Å². The number of ether oxygens (including phenoxy) is 1. The SMILES string of the molecule is CCCCCCCCCCCCNC(=O)C(CCCCCCCCCC)[C@]1(NC(=O)[C@@H](N)CCC(N)=O)C[C@@H](O)[C@H](O)[C@@H](CO)O1. The van der Waals surface area contributed by atoms with Crippen molar-refractivity contribution in [2.45, 2.75) is 185 Å². The highest BCUT2D eigenvalue weighted by Gasteiger charge is 2.53. The average Bonchev–Trinajstić information content (AvgIpc) is 3.03. The van der Waals surface area contributed by atoms with Gasteiger partial charge in [0.25, 0.3) is 0 Å². The average molecular weight is 657 g/mol. The van der Waals surface area contributed by atoms with Gasteiger partial charge in [0.15, 0.2) is 5.72 Å². The Bertz CT molecular complexity index is 833. The highest BCUT2D eigenvalue weighted by Crippen LogP contribution is 2.37. The van der Waals surface area contributed by atoms with E-state index in [1.807, 2.05) is 0 Å². The fourth-order valence-corrected chi connectivity index (χ4v) is 6.34. The normalized spacial score (nSPS) is 22.7. The molecular formula is C35H68N4O7. The van der Waals surface area contributed by atoms with Crippen molar-refractivity contribution in [3.63, 3.8) is 0 Å². The standard InChI is InChI=1S/C35H68N4O7/c1-3-5-7-9-11-13-14-16-18-20-24-38-33(44)27(21-19-17-15-12-10-8-6-4-2)35(25-29(41)32(43)30(26-40)46-35)39-34(45)28(36)22-23-31(37)42/h27-30,32,40-41,43H,3-26,36H2,1-2H3,(H2,37,42)(H,38,44)(H,39,45)/t27?,28-,29+,30+,32-,35-/m0/s1. The van der Waals surface area contributed by atoms with E-state index < -0.39 is 54.4 Å². The number of unbranched alkanes of at least 4 members (excludes halogenated alkanes) is 16. The number of primary amides is 1. The molecular weight excluding hydrogens is 588 g/mol. The van der Waals surface area contributed by atoms with Gasteiger partial charge < -0.3 is 42.2 Å². The van der Waals surface area contributed by atoms with Crippen LogP contribution in [0.25, 0.3) is 0 Å². The van der Waals surface area contributed by atoms with Crippen molar-refractivity contribution in [3.05, 3.63) is 0 Å². The van der Waals surface area contributed by atoms with Crippen molar-refractivity contribution >= 4 is 17.7 Å². The molecule has 270 valence electrons. The lowest BCUT2D eigenvalue weighted by molar-refractivity contribution is -0.250. The van der Waals surface area contributed by atoms with Crippen LogP contribution in [0.2, 0.25) is 0 Å². The number of nitrogens with one attached hydrogen (secondary N) is 2. The summed E-state index contributed by atoms with van der Waals surface area (Å²) in [7, 11) is 0. The Labute approximate surface area is 278 Å². The molecule has 0 aliphatic carbocycles. The van der Waals surface area contributed by atoms with E-state index in [0.29, 0.717) is 19.4 Å². The Morgan fingerprint density at radius 2 is 1.28 bits per heavy atom. The molecule has 0 spiro atoms. The minimum absolute atomic E-state index is 0.000508. The van der Waals surface area contributed by atoms with E-state index >= 15 is 0 Å². The van der Waals surface area contributed by atoms with Crippen LogP contribution in [0.4, 0.5) is 0 Å². The van der Waals surface area contributed by atoms with Crippen molar-refractivity contribution < 1.29 is 34.4 Å². The summed E-state index contributed by atoms with van der Waals surface area (Å²) in [5.41, 5.74) is 9.61. The second kappa shape index (κ2) is 25.3. The van der Waals surface area contributed by atoms with Crippen LogP contribution in [-0.2, 0) is 19.1 Å². The first-order chi connectivity index (χ1) is 22.1. The lowest BCUT2D eigenvalue weighted by atomic mass is 9.80. The zero-order chi connectivity index (χ0) is 34.2. The van der Waals surface area contributed by atoms with E-state index in [0.717, 1.165) is 38.5 Å². The lowest BCUT2D eigenvalue weighted by Crippen LogP contribution is -2.69. The topological polar surface area (TPSA) is 197 Å². The van der Waals surface area contributed by atoms with Crippen LogP contribution in [0, 0.1) is 5.92 Å². The number of aliphatic hydroxyl groups is 3. The molecule has 11 nitrogen and oxygen atoms in total. The summed E-state index contributed by atoms with van der Waals surface area (Å²) >= 11 is 0. The summed E-state index contributed by atoms with van der Waals surface area (Å²) in [6.07, 6.45) is 16.4. The molecule has 3 amide bonds. The van der Waals surface area contributed by atoms with Crippen molar-refractivity contribution in [3.8, 4) is 0 Å². The highest BCUT2D eigenvalue weighted by molar-refractivity contribution is 5.85. The molecule has 1 rings (SSSR count). The molecule has 9 N–H and O–H groups in total.